The van der Waals surface area contributed by atoms with E-state index in [0.29, 0.717) is 26.3 Å². The van der Waals surface area contributed by atoms with Gasteiger partial charge in [-0.2, -0.15) is 0 Å². The Kier molecular flexibility index (Phi) is 4.36. The van der Waals surface area contributed by atoms with Crippen molar-refractivity contribution in [2.24, 2.45) is 0 Å². The minimum absolute atomic E-state index is 0.110. The first-order chi connectivity index (χ1) is 8.22. The maximum atomic E-state index is 12.4. The van der Waals surface area contributed by atoms with Crippen LogP contribution in [0.4, 0.5) is 0 Å². The molecular formula is C12H22N2O3. The Hall–Kier alpha value is -0.650. The van der Waals surface area contributed by atoms with Crippen LogP contribution in [0.2, 0.25) is 0 Å². The summed E-state index contributed by atoms with van der Waals surface area (Å²) in [5.41, 5.74) is 0. The van der Waals surface area contributed by atoms with Gasteiger partial charge in [0, 0.05) is 19.6 Å². The highest BCUT2D eigenvalue weighted by Crippen LogP contribution is 2.16. The lowest BCUT2D eigenvalue weighted by Gasteiger charge is -2.40. The fraction of sp³-hybridized carbons (Fsp3) is 0.917. The van der Waals surface area contributed by atoms with Gasteiger partial charge in [-0.1, -0.05) is 6.92 Å². The van der Waals surface area contributed by atoms with Gasteiger partial charge in [0.15, 0.2) is 0 Å². The normalized spacial score (nSPS) is 34.7. The van der Waals surface area contributed by atoms with Crippen molar-refractivity contribution in [2.75, 3.05) is 32.8 Å². The summed E-state index contributed by atoms with van der Waals surface area (Å²) >= 11 is 0. The first-order valence-corrected chi connectivity index (χ1v) is 6.46. The van der Waals surface area contributed by atoms with Crippen LogP contribution in [0.3, 0.4) is 0 Å². The second-order valence-electron chi connectivity index (χ2n) is 4.76. The Morgan fingerprint density at radius 2 is 2.29 bits per heavy atom. The second kappa shape index (κ2) is 5.80. The largest absolute Gasteiger partial charge is 0.375 e. The number of carbonyl (C=O) groups excluding carboxylic acids is 1. The van der Waals surface area contributed by atoms with E-state index in [1.165, 1.54) is 0 Å². The average Bonchev–Trinajstić information content (AvgIpc) is 2.39. The number of amides is 1. The van der Waals surface area contributed by atoms with Gasteiger partial charge in [-0.25, -0.2) is 0 Å². The van der Waals surface area contributed by atoms with Gasteiger partial charge >= 0.3 is 0 Å². The molecule has 3 atom stereocenters. The SMILES string of the molecule is CCC1COC(C)CN1C(=O)C1CNCCO1. The van der Waals surface area contributed by atoms with Crippen molar-refractivity contribution >= 4 is 5.91 Å². The Labute approximate surface area is 102 Å². The molecule has 17 heavy (non-hydrogen) atoms. The molecule has 1 N–H and O–H groups in total. The number of nitrogens with one attached hydrogen (secondary N) is 1. The number of ether oxygens (including phenoxy) is 2. The predicted molar refractivity (Wildman–Crippen MR) is 63.8 cm³/mol. The average molecular weight is 242 g/mol. The highest BCUT2D eigenvalue weighted by molar-refractivity contribution is 5.81. The van der Waals surface area contributed by atoms with Gasteiger partial charge in [-0.15, -0.1) is 0 Å². The lowest BCUT2D eigenvalue weighted by molar-refractivity contribution is -0.157. The van der Waals surface area contributed by atoms with Gasteiger partial charge in [0.05, 0.1) is 25.4 Å². The first kappa shape index (κ1) is 12.8. The lowest BCUT2D eigenvalue weighted by Crippen LogP contribution is -2.57. The highest BCUT2D eigenvalue weighted by Gasteiger charge is 2.34. The van der Waals surface area contributed by atoms with E-state index in [0.717, 1.165) is 13.0 Å². The van der Waals surface area contributed by atoms with Gasteiger partial charge in [-0.05, 0) is 13.3 Å². The minimum atomic E-state index is -0.317. The standard InChI is InChI=1S/C12H22N2O3/c1-3-10-8-17-9(2)7-14(10)12(15)11-6-13-4-5-16-11/h9-11,13H,3-8H2,1-2H3. The van der Waals surface area contributed by atoms with E-state index >= 15 is 0 Å². The van der Waals surface area contributed by atoms with Crippen molar-refractivity contribution in [1.82, 2.24) is 10.2 Å². The molecule has 0 bridgehead atoms. The third-order valence-corrected chi connectivity index (χ3v) is 3.43. The third kappa shape index (κ3) is 2.97. The molecule has 2 rings (SSSR count). The fourth-order valence-corrected chi connectivity index (χ4v) is 2.36. The molecule has 0 aromatic rings. The van der Waals surface area contributed by atoms with E-state index in [9.17, 15) is 4.79 Å². The molecule has 3 unspecified atom stereocenters. The van der Waals surface area contributed by atoms with E-state index in [1.54, 1.807) is 0 Å². The molecule has 0 aromatic heterocycles. The fourth-order valence-electron chi connectivity index (χ4n) is 2.36. The van der Waals surface area contributed by atoms with E-state index in [4.69, 9.17) is 9.47 Å². The zero-order chi connectivity index (χ0) is 12.3. The van der Waals surface area contributed by atoms with Crippen LogP contribution >= 0.6 is 0 Å². The van der Waals surface area contributed by atoms with Gasteiger partial charge in [0.25, 0.3) is 5.91 Å². The summed E-state index contributed by atoms with van der Waals surface area (Å²) in [6.45, 7) is 7.49. The maximum Gasteiger partial charge on any atom is 0.253 e. The summed E-state index contributed by atoms with van der Waals surface area (Å²) in [6, 6.07) is 0.198. The minimum Gasteiger partial charge on any atom is -0.375 e. The Balaban J connectivity index is 1.99. The van der Waals surface area contributed by atoms with Gasteiger partial charge < -0.3 is 19.7 Å². The smallest absolute Gasteiger partial charge is 0.253 e. The van der Waals surface area contributed by atoms with Crippen molar-refractivity contribution in [3.8, 4) is 0 Å². The van der Waals surface area contributed by atoms with E-state index in [-0.39, 0.29) is 24.2 Å². The van der Waals surface area contributed by atoms with Crippen LogP contribution in [0.5, 0.6) is 0 Å². The van der Waals surface area contributed by atoms with Crippen LogP contribution in [-0.2, 0) is 14.3 Å². The Morgan fingerprint density at radius 1 is 1.47 bits per heavy atom. The molecule has 2 heterocycles. The maximum absolute atomic E-state index is 12.4. The summed E-state index contributed by atoms with van der Waals surface area (Å²) in [6.07, 6.45) is 0.736. The number of nitrogens with zero attached hydrogens (tertiary/aromatic N) is 1. The quantitative estimate of drug-likeness (QED) is 0.740. The number of hydrogen-bond donors (Lipinski definition) is 1. The van der Waals surface area contributed by atoms with Gasteiger partial charge in [0.2, 0.25) is 0 Å². The Morgan fingerprint density at radius 3 is 2.94 bits per heavy atom. The number of rotatable bonds is 2. The van der Waals surface area contributed by atoms with Crippen LogP contribution in [0.15, 0.2) is 0 Å². The van der Waals surface area contributed by atoms with E-state index < -0.39 is 0 Å². The number of morpholine rings is 2. The summed E-state index contributed by atoms with van der Waals surface area (Å²) in [4.78, 5) is 14.3. The summed E-state index contributed by atoms with van der Waals surface area (Å²) < 4.78 is 11.1. The molecule has 0 radical (unpaired) electrons. The monoisotopic (exact) mass is 242 g/mol. The Bertz CT molecular complexity index is 266. The van der Waals surface area contributed by atoms with Crippen LogP contribution in [0.1, 0.15) is 20.3 Å². The van der Waals surface area contributed by atoms with Crippen LogP contribution in [0.25, 0.3) is 0 Å². The van der Waals surface area contributed by atoms with Crippen molar-refractivity contribution in [3.05, 3.63) is 0 Å². The summed E-state index contributed by atoms with van der Waals surface area (Å²) in [7, 11) is 0. The summed E-state index contributed by atoms with van der Waals surface area (Å²) in [5, 5.41) is 3.20. The molecule has 0 aromatic carbocycles. The molecule has 0 aliphatic carbocycles. The highest BCUT2D eigenvalue weighted by atomic mass is 16.5. The van der Waals surface area contributed by atoms with Crippen molar-refractivity contribution in [2.45, 2.75) is 38.5 Å². The zero-order valence-corrected chi connectivity index (χ0v) is 10.6. The third-order valence-electron chi connectivity index (χ3n) is 3.43. The predicted octanol–water partition coefficient (Wildman–Crippen LogP) is 0.000700. The van der Waals surface area contributed by atoms with E-state index in [2.05, 4.69) is 12.2 Å². The lowest BCUT2D eigenvalue weighted by atomic mass is 10.1. The van der Waals surface area contributed by atoms with Crippen molar-refractivity contribution < 1.29 is 14.3 Å². The molecule has 0 spiro atoms. The van der Waals surface area contributed by atoms with Crippen molar-refractivity contribution in [1.29, 1.82) is 0 Å². The zero-order valence-electron chi connectivity index (χ0n) is 10.6. The van der Waals surface area contributed by atoms with Crippen LogP contribution in [-0.4, -0.2) is 61.9 Å². The second-order valence-corrected chi connectivity index (χ2v) is 4.76. The van der Waals surface area contributed by atoms with Crippen LogP contribution in [0, 0.1) is 0 Å². The summed E-state index contributed by atoms with van der Waals surface area (Å²) in [5.74, 6) is 0.110. The van der Waals surface area contributed by atoms with Gasteiger partial charge in [-0.3, -0.25) is 4.79 Å². The molecule has 2 aliphatic rings. The number of hydrogen-bond acceptors (Lipinski definition) is 4. The number of carbonyl (C=O) groups is 1. The molecule has 5 heteroatoms. The first-order valence-electron chi connectivity index (χ1n) is 6.46. The van der Waals surface area contributed by atoms with Crippen molar-refractivity contribution in [3.63, 3.8) is 0 Å². The molecule has 5 nitrogen and oxygen atoms in total. The topological polar surface area (TPSA) is 50.8 Å². The molecular weight excluding hydrogens is 220 g/mol. The van der Waals surface area contributed by atoms with Crippen LogP contribution < -0.4 is 5.32 Å². The van der Waals surface area contributed by atoms with Gasteiger partial charge in [0.1, 0.15) is 6.10 Å². The van der Waals surface area contributed by atoms with E-state index in [1.807, 2.05) is 11.8 Å². The molecule has 2 fully saturated rings. The molecule has 2 aliphatic heterocycles. The molecule has 0 saturated carbocycles. The molecule has 98 valence electrons. The molecule has 1 amide bonds. The molecule has 2 saturated heterocycles.